The van der Waals surface area contributed by atoms with E-state index in [1.807, 2.05) is 31.2 Å². The summed E-state index contributed by atoms with van der Waals surface area (Å²) in [4.78, 5) is 36.0. The van der Waals surface area contributed by atoms with Crippen LogP contribution >= 0.6 is 11.3 Å². The van der Waals surface area contributed by atoms with E-state index in [0.29, 0.717) is 31.5 Å². The second-order valence-electron chi connectivity index (χ2n) is 9.25. The minimum atomic E-state index is -0.219. The number of hydrogen-bond acceptors (Lipinski definition) is 6. The summed E-state index contributed by atoms with van der Waals surface area (Å²) in [5.74, 6) is 1.06. The monoisotopic (exact) mass is 466 g/mol. The molecule has 0 bridgehead atoms. The van der Waals surface area contributed by atoms with Crippen molar-refractivity contribution in [2.45, 2.75) is 46.2 Å². The van der Waals surface area contributed by atoms with Crippen molar-refractivity contribution in [3.63, 3.8) is 0 Å². The standard InChI is InChI=1S/C25H30N4O3S/c1-16-3-6-18(7-4-16)26-22(30)15-29-21(14-28-9-11-32-12-10-28)27-24-23(25(29)31)19-8-5-17(2)13-20(19)33-24/h3-4,6-7,17H,5,8-15H2,1-2H3,(H,26,30)/t17-/m1/s1. The van der Waals surface area contributed by atoms with Gasteiger partial charge in [-0.25, -0.2) is 4.98 Å². The molecular weight excluding hydrogens is 436 g/mol. The second kappa shape index (κ2) is 9.37. The van der Waals surface area contributed by atoms with Crippen LogP contribution in [0.3, 0.4) is 0 Å². The molecule has 2 aliphatic rings. The van der Waals surface area contributed by atoms with Gasteiger partial charge in [0.1, 0.15) is 17.2 Å². The van der Waals surface area contributed by atoms with Gasteiger partial charge >= 0.3 is 0 Å². The first-order valence-electron chi connectivity index (χ1n) is 11.7. The highest BCUT2D eigenvalue weighted by Crippen LogP contribution is 2.36. The number of ether oxygens (including phenoxy) is 1. The van der Waals surface area contributed by atoms with Crippen molar-refractivity contribution in [3.05, 3.63) is 56.4 Å². The van der Waals surface area contributed by atoms with Crippen LogP contribution in [0.2, 0.25) is 0 Å². The highest BCUT2D eigenvalue weighted by atomic mass is 32.1. The van der Waals surface area contributed by atoms with Crippen molar-refractivity contribution in [2.75, 3.05) is 31.6 Å². The quantitative estimate of drug-likeness (QED) is 0.624. The molecule has 1 aromatic carbocycles. The third-order valence-corrected chi connectivity index (χ3v) is 7.75. The first-order chi connectivity index (χ1) is 16.0. The van der Waals surface area contributed by atoms with Gasteiger partial charge in [0.05, 0.1) is 25.1 Å². The number of aromatic nitrogens is 2. The molecule has 1 fully saturated rings. The van der Waals surface area contributed by atoms with Crippen LogP contribution < -0.4 is 10.9 Å². The fraction of sp³-hybridized carbons (Fsp3) is 0.480. The number of rotatable bonds is 5. The first kappa shape index (κ1) is 22.3. The molecule has 0 radical (unpaired) electrons. The largest absolute Gasteiger partial charge is 0.379 e. The predicted octanol–water partition coefficient (Wildman–Crippen LogP) is 3.36. The minimum absolute atomic E-state index is 0.0453. The molecule has 1 N–H and O–H groups in total. The molecule has 1 aliphatic heterocycles. The molecule has 3 aromatic rings. The molecule has 1 amide bonds. The molecule has 1 aliphatic carbocycles. The molecule has 0 unspecified atom stereocenters. The highest BCUT2D eigenvalue weighted by Gasteiger charge is 2.26. The van der Waals surface area contributed by atoms with Gasteiger partial charge in [-0.05, 0) is 49.8 Å². The van der Waals surface area contributed by atoms with Crippen molar-refractivity contribution < 1.29 is 9.53 Å². The first-order valence-corrected chi connectivity index (χ1v) is 12.5. The Kier molecular flexibility index (Phi) is 6.32. The van der Waals surface area contributed by atoms with E-state index in [-0.39, 0.29) is 18.0 Å². The number of thiophene rings is 1. The van der Waals surface area contributed by atoms with Gasteiger partial charge in [0.15, 0.2) is 0 Å². The summed E-state index contributed by atoms with van der Waals surface area (Å²) < 4.78 is 7.06. The minimum Gasteiger partial charge on any atom is -0.379 e. The Balaban J connectivity index is 1.51. The summed E-state index contributed by atoms with van der Waals surface area (Å²) in [5, 5.41) is 3.65. The molecule has 5 rings (SSSR count). The zero-order chi connectivity index (χ0) is 22.9. The highest BCUT2D eigenvalue weighted by molar-refractivity contribution is 7.18. The number of amides is 1. The van der Waals surface area contributed by atoms with Crippen molar-refractivity contribution >= 4 is 33.1 Å². The number of carbonyl (C=O) groups is 1. The lowest BCUT2D eigenvalue weighted by atomic mass is 9.89. The number of carbonyl (C=O) groups excluding carboxylic acids is 1. The second-order valence-corrected chi connectivity index (χ2v) is 10.3. The number of benzene rings is 1. The smallest absolute Gasteiger partial charge is 0.263 e. The van der Waals surface area contributed by atoms with Crippen LogP contribution in [0.1, 0.15) is 35.2 Å². The Labute approximate surface area is 197 Å². The number of fused-ring (bicyclic) bond motifs is 3. The number of morpholine rings is 1. The number of aryl methyl sites for hydroxylation is 2. The average molecular weight is 467 g/mol. The number of hydrogen-bond donors (Lipinski definition) is 1. The zero-order valence-corrected chi connectivity index (χ0v) is 20.0. The van der Waals surface area contributed by atoms with Crippen molar-refractivity contribution in [2.24, 2.45) is 5.92 Å². The Hall–Kier alpha value is -2.55. The third kappa shape index (κ3) is 4.74. The van der Waals surface area contributed by atoms with Crippen LogP contribution in [0.5, 0.6) is 0 Å². The van der Waals surface area contributed by atoms with Crippen molar-refractivity contribution in [1.82, 2.24) is 14.5 Å². The molecule has 1 saturated heterocycles. The van der Waals surface area contributed by atoms with Gasteiger partial charge in [0, 0.05) is 23.7 Å². The summed E-state index contributed by atoms with van der Waals surface area (Å²) in [6.07, 6.45) is 3.00. The fourth-order valence-corrected chi connectivity index (χ4v) is 6.08. The Morgan fingerprint density at radius 1 is 1.24 bits per heavy atom. The van der Waals surface area contributed by atoms with E-state index in [4.69, 9.17) is 9.72 Å². The van der Waals surface area contributed by atoms with E-state index in [1.165, 1.54) is 4.88 Å². The molecule has 7 nitrogen and oxygen atoms in total. The van der Waals surface area contributed by atoms with Gasteiger partial charge in [-0.3, -0.25) is 19.1 Å². The van der Waals surface area contributed by atoms with E-state index in [9.17, 15) is 9.59 Å². The maximum Gasteiger partial charge on any atom is 0.263 e. The molecule has 33 heavy (non-hydrogen) atoms. The molecule has 8 heteroatoms. The van der Waals surface area contributed by atoms with Gasteiger partial charge < -0.3 is 10.1 Å². The van der Waals surface area contributed by atoms with Crippen LogP contribution in [0.25, 0.3) is 10.2 Å². The molecular formula is C25H30N4O3S. The lowest BCUT2D eigenvalue weighted by Gasteiger charge is -2.27. The van der Waals surface area contributed by atoms with Crippen LogP contribution in [0, 0.1) is 12.8 Å². The molecule has 2 aromatic heterocycles. The summed E-state index contributed by atoms with van der Waals surface area (Å²) >= 11 is 1.66. The number of nitrogens with zero attached hydrogens (tertiary/aromatic N) is 3. The van der Waals surface area contributed by atoms with E-state index in [2.05, 4.69) is 17.1 Å². The Bertz CT molecular complexity index is 1230. The third-order valence-electron chi connectivity index (χ3n) is 6.60. The van der Waals surface area contributed by atoms with Gasteiger partial charge in [-0.15, -0.1) is 11.3 Å². The van der Waals surface area contributed by atoms with Crippen molar-refractivity contribution in [1.29, 1.82) is 0 Å². The fourth-order valence-electron chi connectivity index (χ4n) is 4.69. The molecule has 174 valence electrons. The van der Waals surface area contributed by atoms with E-state index in [1.54, 1.807) is 15.9 Å². The summed E-state index contributed by atoms with van der Waals surface area (Å²) in [5.41, 5.74) is 2.91. The van der Waals surface area contributed by atoms with E-state index >= 15 is 0 Å². The van der Waals surface area contributed by atoms with E-state index in [0.717, 1.165) is 59.4 Å². The molecule has 0 saturated carbocycles. The molecule has 3 heterocycles. The Morgan fingerprint density at radius 2 is 2.00 bits per heavy atom. The SMILES string of the molecule is Cc1ccc(NC(=O)Cn2c(CN3CCOCC3)nc3sc4c(c3c2=O)CC[C@@H](C)C4)cc1. The summed E-state index contributed by atoms with van der Waals surface area (Å²) in [6.45, 7) is 7.69. The molecule has 1 atom stereocenters. The summed E-state index contributed by atoms with van der Waals surface area (Å²) in [7, 11) is 0. The van der Waals surface area contributed by atoms with Crippen LogP contribution in [-0.4, -0.2) is 46.7 Å². The number of anilines is 1. The normalized spacial score (nSPS) is 18.9. The zero-order valence-electron chi connectivity index (χ0n) is 19.2. The van der Waals surface area contributed by atoms with Crippen LogP contribution in [0.15, 0.2) is 29.1 Å². The van der Waals surface area contributed by atoms with Crippen LogP contribution in [-0.2, 0) is 35.5 Å². The number of nitrogens with one attached hydrogen (secondary N) is 1. The maximum absolute atomic E-state index is 13.7. The van der Waals surface area contributed by atoms with E-state index < -0.39 is 0 Å². The van der Waals surface area contributed by atoms with Crippen molar-refractivity contribution in [3.8, 4) is 0 Å². The van der Waals surface area contributed by atoms with Crippen LogP contribution in [0.4, 0.5) is 5.69 Å². The predicted molar refractivity (Wildman–Crippen MR) is 131 cm³/mol. The lowest BCUT2D eigenvalue weighted by molar-refractivity contribution is -0.116. The topological polar surface area (TPSA) is 76.5 Å². The molecule has 0 spiro atoms. The average Bonchev–Trinajstić information content (AvgIpc) is 3.16. The van der Waals surface area contributed by atoms with Gasteiger partial charge in [-0.2, -0.15) is 0 Å². The van der Waals surface area contributed by atoms with Gasteiger partial charge in [-0.1, -0.05) is 24.6 Å². The Morgan fingerprint density at radius 3 is 2.76 bits per heavy atom. The lowest BCUT2D eigenvalue weighted by Crippen LogP contribution is -2.39. The van der Waals surface area contributed by atoms with Gasteiger partial charge in [0.25, 0.3) is 5.56 Å². The maximum atomic E-state index is 13.7. The summed E-state index contributed by atoms with van der Waals surface area (Å²) in [6, 6.07) is 7.67. The van der Waals surface area contributed by atoms with Gasteiger partial charge in [0.2, 0.25) is 5.91 Å².